The quantitative estimate of drug-likeness (QED) is 0.504. The molecule has 1 N–H and O–H groups in total. The Morgan fingerprint density at radius 3 is 2.25 bits per heavy atom. The summed E-state index contributed by atoms with van der Waals surface area (Å²) < 4.78 is 5.28. The van der Waals surface area contributed by atoms with Crippen LogP contribution in [0.25, 0.3) is 0 Å². The highest BCUT2D eigenvalue weighted by atomic mass is 35.5. The van der Waals surface area contributed by atoms with Crippen LogP contribution in [0.3, 0.4) is 0 Å². The lowest BCUT2D eigenvalue weighted by molar-refractivity contribution is -0.120. The first-order valence-corrected chi connectivity index (χ1v) is 10.4. The van der Waals surface area contributed by atoms with E-state index in [0.717, 1.165) is 5.56 Å². The van der Waals surface area contributed by atoms with Gasteiger partial charge in [-0.25, -0.2) is 4.79 Å². The maximum Gasteiger partial charge on any atom is 0.410 e. The highest BCUT2D eigenvalue weighted by Crippen LogP contribution is 2.24. The zero-order valence-corrected chi connectivity index (χ0v) is 18.5. The molecule has 0 fully saturated rings. The summed E-state index contributed by atoms with van der Waals surface area (Å²) in [6.45, 7) is 1.68. The smallest absolute Gasteiger partial charge is 0.410 e. The van der Waals surface area contributed by atoms with Gasteiger partial charge in [-0.1, -0.05) is 72.3 Å². The standard InChI is InChI=1S/C25H23ClN2O4/c1-17(28(2)25(31)32-16-18-9-5-3-6-10-18)24(30)27-22-14-13-20(26)15-21(22)23(29)19-11-7-4-8-12-19/h3-15,17H,16H2,1-2H3,(H,27,30)/t17-/m0/s1. The van der Waals surface area contributed by atoms with Crippen molar-refractivity contribution >= 4 is 35.1 Å². The highest BCUT2D eigenvalue weighted by Gasteiger charge is 2.25. The zero-order chi connectivity index (χ0) is 23.1. The molecule has 0 bridgehead atoms. The molecule has 3 aromatic carbocycles. The van der Waals surface area contributed by atoms with Gasteiger partial charge in [-0.15, -0.1) is 0 Å². The van der Waals surface area contributed by atoms with Crippen molar-refractivity contribution in [2.75, 3.05) is 12.4 Å². The van der Waals surface area contributed by atoms with Gasteiger partial charge in [0.1, 0.15) is 12.6 Å². The largest absolute Gasteiger partial charge is 0.445 e. The van der Waals surface area contributed by atoms with Crippen molar-refractivity contribution in [2.45, 2.75) is 19.6 Å². The van der Waals surface area contributed by atoms with Crippen LogP contribution in [0.15, 0.2) is 78.9 Å². The molecule has 6 nitrogen and oxygen atoms in total. The molecule has 7 heteroatoms. The number of ketones is 1. The van der Waals surface area contributed by atoms with Gasteiger partial charge in [-0.2, -0.15) is 0 Å². The predicted octanol–water partition coefficient (Wildman–Crippen LogP) is 5.17. The van der Waals surface area contributed by atoms with Crippen molar-refractivity contribution in [1.29, 1.82) is 0 Å². The number of carbonyl (C=O) groups excluding carboxylic acids is 3. The maximum absolute atomic E-state index is 12.9. The van der Waals surface area contributed by atoms with Gasteiger partial charge in [-0.3, -0.25) is 14.5 Å². The van der Waals surface area contributed by atoms with Gasteiger partial charge >= 0.3 is 6.09 Å². The molecular formula is C25H23ClN2O4. The van der Waals surface area contributed by atoms with Crippen molar-refractivity contribution in [3.8, 4) is 0 Å². The average Bonchev–Trinajstić information content (AvgIpc) is 2.83. The molecule has 0 spiro atoms. The Bertz CT molecular complexity index is 1100. The monoisotopic (exact) mass is 450 g/mol. The van der Waals surface area contributed by atoms with Crippen LogP contribution >= 0.6 is 11.6 Å². The minimum atomic E-state index is -0.839. The van der Waals surface area contributed by atoms with Crippen molar-refractivity contribution in [3.05, 3.63) is 101 Å². The Morgan fingerprint density at radius 2 is 1.59 bits per heavy atom. The third kappa shape index (κ3) is 5.74. The molecular weight excluding hydrogens is 428 g/mol. The minimum Gasteiger partial charge on any atom is -0.445 e. The summed E-state index contributed by atoms with van der Waals surface area (Å²) in [6, 6.07) is 21.8. The fourth-order valence-corrected chi connectivity index (χ4v) is 3.12. The average molecular weight is 451 g/mol. The molecule has 0 radical (unpaired) electrons. The van der Waals surface area contributed by atoms with Crippen LogP contribution in [0, 0.1) is 0 Å². The summed E-state index contributed by atoms with van der Waals surface area (Å²) in [6.07, 6.45) is -0.631. The van der Waals surface area contributed by atoms with Gasteiger partial charge in [0.2, 0.25) is 5.91 Å². The summed E-state index contributed by atoms with van der Waals surface area (Å²) in [5.74, 6) is -0.736. The molecule has 3 aromatic rings. The van der Waals surface area contributed by atoms with Gasteiger partial charge in [0, 0.05) is 23.2 Å². The van der Waals surface area contributed by atoms with Crippen molar-refractivity contribution in [1.82, 2.24) is 4.90 Å². The first-order chi connectivity index (χ1) is 15.4. The van der Waals surface area contributed by atoms with Crippen molar-refractivity contribution < 1.29 is 19.1 Å². The van der Waals surface area contributed by atoms with Crippen LogP contribution in [-0.4, -0.2) is 35.8 Å². The molecule has 2 amide bonds. The third-order valence-corrected chi connectivity index (χ3v) is 5.21. The fourth-order valence-electron chi connectivity index (χ4n) is 2.95. The molecule has 0 saturated carbocycles. The van der Waals surface area contributed by atoms with Crippen LogP contribution in [0.5, 0.6) is 0 Å². The van der Waals surface area contributed by atoms with Crippen LogP contribution in [0.4, 0.5) is 10.5 Å². The van der Waals surface area contributed by atoms with Gasteiger partial charge in [0.15, 0.2) is 5.78 Å². The molecule has 0 heterocycles. The maximum atomic E-state index is 12.9. The van der Waals surface area contributed by atoms with Gasteiger partial charge in [-0.05, 0) is 30.7 Å². The van der Waals surface area contributed by atoms with Crippen molar-refractivity contribution in [2.24, 2.45) is 0 Å². The van der Waals surface area contributed by atoms with E-state index in [2.05, 4.69) is 5.32 Å². The molecule has 3 rings (SSSR count). The minimum absolute atomic E-state index is 0.102. The number of nitrogens with zero attached hydrogens (tertiary/aromatic N) is 1. The number of benzene rings is 3. The zero-order valence-electron chi connectivity index (χ0n) is 17.7. The van der Waals surface area contributed by atoms with Gasteiger partial charge < -0.3 is 10.1 Å². The lowest BCUT2D eigenvalue weighted by Gasteiger charge is -2.24. The lowest BCUT2D eigenvalue weighted by atomic mass is 10.0. The summed E-state index contributed by atoms with van der Waals surface area (Å²) in [5.41, 5.74) is 1.89. The van der Waals surface area contributed by atoms with E-state index in [0.29, 0.717) is 16.3 Å². The van der Waals surface area contributed by atoms with Crippen LogP contribution in [0.1, 0.15) is 28.4 Å². The van der Waals surface area contributed by atoms with Gasteiger partial charge in [0.25, 0.3) is 0 Å². The predicted molar refractivity (Wildman–Crippen MR) is 124 cm³/mol. The van der Waals surface area contributed by atoms with Crippen LogP contribution in [-0.2, 0) is 16.1 Å². The second-order valence-corrected chi connectivity index (χ2v) is 7.64. The summed E-state index contributed by atoms with van der Waals surface area (Å²) in [5, 5.41) is 3.10. The molecule has 32 heavy (non-hydrogen) atoms. The van der Waals surface area contributed by atoms with E-state index in [1.165, 1.54) is 18.0 Å². The molecule has 0 aliphatic carbocycles. The lowest BCUT2D eigenvalue weighted by Crippen LogP contribution is -2.43. The number of carbonyl (C=O) groups is 3. The SMILES string of the molecule is C[C@@H](C(=O)Nc1ccc(Cl)cc1C(=O)c1ccccc1)N(C)C(=O)OCc1ccccc1. The van der Waals surface area contributed by atoms with E-state index >= 15 is 0 Å². The fraction of sp³-hybridized carbons (Fsp3) is 0.160. The van der Waals surface area contributed by atoms with E-state index in [4.69, 9.17) is 16.3 Å². The Morgan fingerprint density at radius 1 is 0.969 bits per heavy atom. The molecule has 0 aliphatic heterocycles. The Balaban J connectivity index is 1.69. The highest BCUT2D eigenvalue weighted by molar-refractivity contribution is 6.31. The molecule has 164 valence electrons. The summed E-state index contributed by atoms with van der Waals surface area (Å²) in [4.78, 5) is 39.3. The van der Waals surface area contributed by atoms with Crippen molar-refractivity contribution in [3.63, 3.8) is 0 Å². The van der Waals surface area contributed by atoms with Crippen LogP contribution < -0.4 is 5.32 Å². The Hall–Kier alpha value is -3.64. The number of likely N-dealkylation sites (N-methyl/N-ethyl adjacent to an activating group) is 1. The number of hydrogen-bond donors (Lipinski definition) is 1. The molecule has 0 aromatic heterocycles. The van der Waals surface area contributed by atoms with Gasteiger partial charge in [0.05, 0.1) is 5.69 Å². The summed E-state index contributed by atoms with van der Waals surface area (Å²) >= 11 is 6.09. The number of anilines is 1. The topological polar surface area (TPSA) is 75.7 Å². The first kappa shape index (κ1) is 23.0. The molecule has 0 aliphatic rings. The number of amides is 2. The number of ether oxygens (including phenoxy) is 1. The number of rotatable bonds is 7. The van der Waals surface area contributed by atoms with E-state index in [-0.39, 0.29) is 18.0 Å². The van der Waals surface area contributed by atoms with Crippen LogP contribution in [0.2, 0.25) is 5.02 Å². The first-order valence-electron chi connectivity index (χ1n) is 10.0. The second kappa shape index (κ2) is 10.6. The molecule has 1 atom stereocenters. The second-order valence-electron chi connectivity index (χ2n) is 7.20. The molecule has 0 unspecified atom stereocenters. The summed E-state index contributed by atoms with van der Waals surface area (Å²) in [7, 11) is 1.48. The Kier molecular flexibility index (Phi) is 7.63. The number of hydrogen-bond acceptors (Lipinski definition) is 4. The molecule has 0 saturated heterocycles. The van der Waals surface area contributed by atoms with E-state index in [1.807, 2.05) is 36.4 Å². The Labute approximate surface area is 191 Å². The van der Waals surface area contributed by atoms with E-state index in [9.17, 15) is 14.4 Å². The van der Waals surface area contributed by atoms with E-state index in [1.54, 1.807) is 43.3 Å². The number of halogens is 1. The number of nitrogens with one attached hydrogen (secondary N) is 1. The normalized spacial score (nSPS) is 11.3. The third-order valence-electron chi connectivity index (χ3n) is 4.97. The van der Waals surface area contributed by atoms with E-state index < -0.39 is 18.0 Å².